The largest absolute Gasteiger partial charge is 0.311 e. The molecule has 0 unspecified atom stereocenters. The van der Waals surface area contributed by atoms with E-state index in [2.05, 4.69) is 23.6 Å². The second-order valence-corrected chi connectivity index (χ2v) is 5.03. The molecule has 0 saturated heterocycles. The molecule has 0 aromatic heterocycles. The first-order valence-electron chi connectivity index (χ1n) is 7.73. The standard InChI is InChI=1S/C17H26O4.Na/c1-3-4-5-6-7-8-10-13-16(2)18-20-21-19-17-14-11-9-12-15-17;/h9,11-12,14-15H,2-8,10,13H2,1H3;. The first-order valence-corrected chi connectivity index (χ1v) is 7.73. The molecule has 1 radical (unpaired) electrons. The zero-order valence-electron chi connectivity index (χ0n) is 13.9. The van der Waals surface area contributed by atoms with Crippen LogP contribution in [0.25, 0.3) is 0 Å². The van der Waals surface area contributed by atoms with Gasteiger partial charge in [0.2, 0.25) is 0 Å². The molecule has 1 rings (SSSR count). The average Bonchev–Trinajstić information content (AvgIpc) is 2.52. The Morgan fingerprint density at radius 2 is 1.55 bits per heavy atom. The van der Waals surface area contributed by atoms with Crippen LogP contribution in [0, 0.1) is 0 Å². The Morgan fingerprint density at radius 1 is 0.909 bits per heavy atom. The molecule has 119 valence electrons. The van der Waals surface area contributed by atoms with E-state index in [1.807, 2.05) is 18.2 Å². The van der Waals surface area contributed by atoms with Gasteiger partial charge in [-0.25, -0.2) is 0 Å². The van der Waals surface area contributed by atoms with Crippen LogP contribution in [0.2, 0.25) is 0 Å². The fourth-order valence-electron chi connectivity index (χ4n) is 1.91. The Kier molecular flexibility index (Phi) is 15.0. The molecule has 5 heteroatoms. The van der Waals surface area contributed by atoms with Gasteiger partial charge >= 0.3 is 0 Å². The fraction of sp³-hybridized carbons (Fsp3) is 0.529. The predicted octanol–water partition coefficient (Wildman–Crippen LogP) is 5.13. The van der Waals surface area contributed by atoms with Gasteiger partial charge in [-0.1, -0.05) is 70.2 Å². The molecule has 0 bridgehead atoms. The molecule has 1 aromatic rings. The molecule has 0 aliphatic carbocycles. The van der Waals surface area contributed by atoms with E-state index in [-0.39, 0.29) is 29.6 Å². The maximum atomic E-state index is 4.87. The van der Waals surface area contributed by atoms with Crippen molar-refractivity contribution in [2.75, 3.05) is 0 Å². The fourth-order valence-corrected chi connectivity index (χ4v) is 1.91. The maximum Gasteiger partial charge on any atom is 0.168 e. The zero-order valence-corrected chi connectivity index (χ0v) is 15.9. The third-order valence-corrected chi connectivity index (χ3v) is 3.11. The normalized spacial score (nSPS) is 9.86. The Bertz CT molecular complexity index is 370. The Balaban J connectivity index is 0.00000441. The molecule has 0 N–H and O–H groups in total. The summed E-state index contributed by atoms with van der Waals surface area (Å²) in [4.78, 5) is 9.72. The number of benzene rings is 1. The van der Waals surface area contributed by atoms with Crippen molar-refractivity contribution in [1.29, 1.82) is 0 Å². The van der Waals surface area contributed by atoms with Crippen molar-refractivity contribution in [3.8, 4) is 5.75 Å². The summed E-state index contributed by atoms with van der Waals surface area (Å²) in [6.45, 7) is 5.99. The minimum absolute atomic E-state index is 0. The van der Waals surface area contributed by atoms with E-state index in [1.54, 1.807) is 12.1 Å². The maximum absolute atomic E-state index is 4.87. The molecule has 0 fully saturated rings. The molecule has 0 spiro atoms. The molecule has 0 saturated carbocycles. The summed E-state index contributed by atoms with van der Waals surface area (Å²) >= 11 is 0. The molecule has 0 heterocycles. The van der Waals surface area contributed by atoms with Crippen LogP contribution in [0.5, 0.6) is 5.75 Å². The first kappa shape index (κ1) is 21.5. The topological polar surface area (TPSA) is 36.9 Å². The number of allylic oxidation sites excluding steroid dienone is 1. The van der Waals surface area contributed by atoms with Gasteiger partial charge in [0.15, 0.2) is 5.75 Å². The molecule has 4 nitrogen and oxygen atoms in total. The van der Waals surface area contributed by atoms with Crippen LogP contribution >= 0.6 is 0 Å². The van der Waals surface area contributed by atoms with Crippen molar-refractivity contribution in [3.63, 3.8) is 0 Å². The SMILES string of the molecule is C=C(CCCCCCCCC)OOOOc1ccccc1.[Na]. The summed E-state index contributed by atoms with van der Waals surface area (Å²) in [5.74, 6) is 1.08. The summed E-state index contributed by atoms with van der Waals surface area (Å²) in [6, 6.07) is 9.04. The van der Waals surface area contributed by atoms with Crippen molar-refractivity contribution in [3.05, 3.63) is 42.7 Å². The molecule has 0 atom stereocenters. The third-order valence-electron chi connectivity index (χ3n) is 3.11. The molecule has 0 amide bonds. The number of para-hydroxylation sites is 1. The molecular weight excluding hydrogens is 291 g/mol. The van der Waals surface area contributed by atoms with Crippen LogP contribution in [0.3, 0.4) is 0 Å². The molecule has 22 heavy (non-hydrogen) atoms. The van der Waals surface area contributed by atoms with Crippen molar-refractivity contribution < 1.29 is 19.9 Å². The summed E-state index contributed by atoms with van der Waals surface area (Å²) in [5.41, 5.74) is 0. The van der Waals surface area contributed by atoms with Crippen LogP contribution < -0.4 is 4.89 Å². The van der Waals surface area contributed by atoms with Crippen molar-refractivity contribution >= 4 is 29.6 Å². The Labute approximate surface area is 155 Å². The number of unbranched alkanes of at least 4 members (excludes halogenated alkanes) is 6. The van der Waals surface area contributed by atoms with Gasteiger partial charge in [-0.15, -0.1) is 0 Å². The summed E-state index contributed by atoms with van der Waals surface area (Å²) in [5, 5.41) is 8.97. The molecular formula is C17H26NaO4. The van der Waals surface area contributed by atoms with Crippen LogP contribution in [0.1, 0.15) is 58.3 Å². The Hall–Kier alpha value is -0.520. The minimum Gasteiger partial charge on any atom is -0.311 e. The van der Waals surface area contributed by atoms with Crippen LogP contribution in [0.4, 0.5) is 0 Å². The Morgan fingerprint density at radius 3 is 2.23 bits per heavy atom. The van der Waals surface area contributed by atoms with Crippen molar-refractivity contribution in [2.24, 2.45) is 0 Å². The quantitative estimate of drug-likeness (QED) is 0.166. The zero-order chi connectivity index (χ0) is 15.2. The van der Waals surface area contributed by atoms with E-state index in [1.165, 1.54) is 38.5 Å². The molecule has 1 aromatic carbocycles. The van der Waals surface area contributed by atoms with E-state index in [0.29, 0.717) is 11.5 Å². The van der Waals surface area contributed by atoms with Gasteiger partial charge in [-0.3, -0.25) is 0 Å². The molecule has 0 aliphatic heterocycles. The average molecular weight is 317 g/mol. The van der Waals surface area contributed by atoms with Gasteiger partial charge in [0.05, 0.1) is 0 Å². The first-order chi connectivity index (χ1) is 10.3. The van der Waals surface area contributed by atoms with E-state index < -0.39 is 0 Å². The van der Waals surface area contributed by atoms with E-state index in [4.69, 9.17) is 9.78 Å². The van der Waals surface area contributed by atoms with Gasteiger partial charge in [0.25, 0.3) is 0 Å². The number of hydrogen-bond donors (Lipinski definition) is 0. The van der Waals surface area contributed by atoms with Gasteiger partial charge in [0.1, 0.15) is 5.76 Å². The number of rotatable bonds is 13. The van der Waals surface area contributed by atoms with Gasteiger partial charge in [-0.05, 0) is 18.6 Å². The second-order valence-electron chi connectivity index (χ2n) is 5.03. The number of hydrogen-bond acceptors (Lipinski definition) is 4. The van der Waals surface area contributed by atoms with Crippen LogP contribution in [-0.2, 0) is 15.0 Å². The molecule has 0 aliphatic rings. The monoisotopic (exact) mass is 317 g/mol. The van der Waals surface area contributed by atoms with Gasteiger partial charge < -0.3 is 9.78 Å². The van der Waals surface area contributed by atoms with Gasteiger partial charge in [-0.2, -0.15) is 0 Å². The predicted molar refractivity (Wildman–Crippen MR) is 87.8 cm³/mol. The van der Waals surface area contributed by atoms with E-state index in [0.717, 1.165) is 12.8 Å². The van der Waals surface area contributed by atoms with Crippen LogP contribution in [-0.4, -0.2) is 29.6 Å². The van der Waals surface area contributed by atoms with Crippen LogP contribution in [0.15, 0.2) is 42.7 Å². The third kappa shape index (κ3) is 12.1. The summed E-state index contributed by atoms with van der Waals surface area (Å²) in [6.07, 6.45) is 9.54. The summed E-state index contributed by atoms with van der Waals surface area (Å²) < 4.78 is 0. The van der Waals surface area contributed by atoms with Gasteiger partial charge in [0, 0.05) is 46.1 Å². The minimum atomic E-state index is 0. The smallest absolute Gasteiger partial charge is 0.168 e. The van der Waals surface area contributed by atoms with Crippen molar-refractivity contribution in [1.82, 2.24) is 0 Å². The second kappa shape index (κ2) is 15.4. The summed E-state index contributed by atoms with van der Waals surface area (Å²) in [7, 11) is 0. The van der Waals surface area contributed by atoms with E-state index in [9.17, 15) is 0 Å². The van der Waals surface area contributed by atoms with Crippen molar-refractivity contribution in [2.45, 2.75) is 58.3 Å². The van der Waals surface area contributed by atoms with E-state index >= 15 is 0 Å².